The number of halogens is 1. The number of aliphatic hydroxyl groups is 1. The van der Waals surface area contributed by atoms with Gasteiger partial charge in [-0.15, -0.1) is 0 Å². The third-order valence-corrected chi connectivity index (χ3v) is 13.2. The van der Waals surface area contributed by atoms with Crippen molar-refractivity contribution in [2.45, 2.75) is 116 Å². The van der Waals surface area contributed by atoms with Crippen molar-refractivity contribution < 1.29 is 40.8 Å². The molecule has 0 bridgehead atoms. The smallest absolute Gasteiger partial charge is 0.306 e. The molecule has 10 atom stereocenters. The van der Waals surface area contributed by atoms with E-state index < -0.39 is 0 Å². The maximum Gasteiger partial charge on any atom is 0.306 e. The van der Waals surface area contributed by atoms with E-state index >= 15 is 0 Å². The summed E-state index contributed by atoms with van der Waals surface area (Å²) >= 11 is 0. The van der Waals surface area contributed by atoms with Crippen LogP contribution in [0.15, 0.2) is 0 Å². The van der Waals surface area contributed by atoms with E-state index in [4.69, 9.17) is 9.47 Å². The molecule has 6 aliphatic rings. The summed E-state index contributed by atoms with van der Waals surface area (Å²) in [5.41, 5.74) is 0.394. The number of aliphatic hydroxyl groups excluding tert-OH is 1. The van der Waals surface area contributed by atoms with E-state index in [1.54, 1.807) is 0 Å². The van der Waals surface area contributed by atoms with Crippen molar-refractivity contribution >= 4 is 5.97 Å². The summed E-state index contributed by atoms with van der Waals surface area (Å²) in [6.45, 7) is 13.2. The highest BCUT2D eigenvalue weighted by Gasteiger charge is 2.67. The fraction of sp³-hybridized carbons (Fsp3) is 0.969. The average Bonchev–Trinajstić information content (AvgIpc) is 3.47. The second-order valence-electron chi connectivity index (χ2n) is 15.0. The Morgan fingerprint density at radius 3 is 2.46 bits per heavy atom. The van der Waals surface area contributed by atoms with Gasteiger partial charge in [-0.2, -0.15) is 0 Å². The highest BCUT2D eigenvalue weighted by Crippen LogP contribution is 2.67. The Hall–Kier alpha value is -0.210. The molecule has 0 radical (unpaired) electrons. The van der Waals surface area contributed by atoms with Gasteiger partial charge in [0.1, 0.15) is 6.04 Å². The van der Waals surface area contributed by atoms with Gasteiger partial charge in [-0.05, 0) is 74.0 Å². The van der Waals surface area contributed by atoms with E-state index in [1.807, 2.05) is 0 Å². The number of morpholine rings is 1. The van der Waals surface area contributed by atoms with E-state index in [9.17, 15) is 9.90 Å². The molecule has 2 aliphatic heterocycles. The SMILES string of the molecule is CCCC(=O)O[C@H]1[C@@H]([N+]2(C)CCCC2)CC2C3CC[C@H]4C[C@H](O)[C@@H](N5CCOCC5)C[C@]4(C)C3CC[C@@]21C.[Br-]. The molecule has 4 saturated carbocycles. The predicted molar refractivity (Wildman–Crippen MR) is 148 cm³/mol. The molecule has 0 aromatic carbocycles. The van der Waals surface area contributed by atoms with Crippen molar-refractivity contribution in [3.8, 4) is 0 Å². The molecule has 6 fully saturated rings. The number of hydrogen-bond acceptors (Lipinski definition) is 5. The molecule has 2 heterocycles. The van der Waals surface area contributed by atoms with Crippen LogP contribution in [-0.4, -0.2) is 91.2 Å². The van der Waals surface area contributed by atoms with Crippen molar-refractivity contribution in [3.63, 3.8) is 0 Å². The number of likely N-dealkylation sites (tertiary alicyclic amines) is 1. The number of ether oxygens (including phenoxy) is 2. The minimum atomic E-state index is -0.200. The predicted octanol–water partition coefficient (Wildman–Crippen LogP) is 1.64. The first kappa shape index (κ1) is 30.3. The Kier molecular flexibility index (Phi) is 8.89. The van der Waals surface area contributed by atoms with Crippen molar-refractivity contribution in [1.29, 1.82) is 0 Å². The zero-order valence-corrected chi connectivity index (χ0v) is 26.7. The van der Waals surface area contributed by atoms with Crippen LogP contribution in [0.3, 0.4) is 0 Å². The van der Waals surface area contributed by atoms with Gasteiger partial charge in [0.15, 0.2) is 6.10 Å². The molecular weight excluding hydrogens is 556 g/mol. The van der Waals surface area contributed by atoms with Crippen LogP contribution in [-0.2, 0) is 14.3 Å². The third-order valence-electron chi connectivity index (χ3n) is 13.2. The van der Waals surface area contributed by atoms with Crippen LogP contribution < -0.4 is 17.0 Å². The summed E-state index contributed by atoms with van der Waals surface area (Å²) < 4.78 is 13.3. The molecule has 0 amide bonds. The van der Waals surface area contributed by atoms with Crippen LogP contribution in [0.1, 0.15) is 91.4 Å². The Bertz CT molecular complexity index is 876. The molecule has 224 valence electrons. The lowest BCUT2D eigenvalue weighted by atomic mass is 9.44. The summed E-state index contributed by atoms with van der Waals surface area (Å²) in [4.78, 5) is 15.5. The highest BCUT2D eigenvalue weighted by molar-refractivity contribution is 5.69. The average molecular weight is 612 g/mol. The van der Waals surface area contributed by atoms with Crippen molar-refractivity contribution in [3.05, 3.63) is 0 Å². The van der Waals surface area contributed by atoms with Gasteiger partial charge in [-0.25, -0.2) is 0 Å². The normalized spacial score (nSPS) is 47.4. The highest BCUT2D eigenvalue weighted by atomic mass is 79.9. The number of nitrogens with zero attached hydrogens (tertiary/aromatic N) is 2. The number of likely N-dealkylation sites (N-methyl/N-ethyl adjacent to an activating group) is 1. The molecule has 2 saturated heterocycles. The molecule has 6 nitrogen and oxygen atoms in total. The second-order valence-corrected chi connectivity index (χ2v) is 15.0. The number of quaternary nitrogens is 1. The van der Waals surface area contributed by atoms with Gasteiger partial charge in [0.2, 0.25) is 0 Å². The fourth-order valence-electron chi connectivity index (χ4n) is 11.1. The maximum atomic E-state index is 13.0. The third kappa shape index (κ3) is 5.06. The minimum Gasteiger partial charge on any atom is -1.00 e. The molecule has 1 N–H and O–H groups in total. The Morgan fingerprint density at radius 1 is 1.05 bits per heavy atom. The van der Waals surface area contributed by atoms with Crippen LogP contribution in [0.5, 0.6) is 0 Å². The van der Waals surface area contributed by atoms with Crippen LogP contribution in [0.4, 0.5) is 0 Å². The largest absolute Gasteiger partial charge is 1.00 e. The zero-order chi connectivity index (χ0) is 26.7. The first-order chi connectivity index (χ1) is 18.2. The fourth-order valence-corrected chi connectivity index (χ4v) is 11.1. The monoisotopic (exact) mass is 610 g/mol. The lowest BCUT2D eigenvalue weighted by Crippen LogP contribution is -3.00. The first-order valence-electron chi connectivity index (χ1n) is 16.2. The molecule has 39 heavy (non-hydrogen) atoms. The van der Waals surface area contributed by atoms with Gasteiger partial charge in [-0.3, -0.25) is 9.69 Å². The zero-order valence-electron chi connectivity index (χ0n) is 25.1. The second kappa shape index (κ2) is 11.5. The quantitative estimate of drug-likeness (QED) is 0.379. The van der Waals surface area contributed by atoms with Crippen molar-refractivity contribution in [2.24, 2.45) is 34.5 Å². The minimum absolute atomic E-state index is 0. The molecule has 7 heteroatoms. The maximum absolute atomic E-state index is 13.0. The van der Waals surface area contributed by atoms with Crippen molar-refractivity contribution in [2.75, 3.05) is 46.4 Å². The van der Waals surface area contributed by atoms with E-state index in [1.165, 1.54) is 58.0 Å². The molecule has 0 aromatic heterocycles. The van der Waals surface area contributed by atoms with Crippen LogP contribution in [0.2, 0.25) is 0 Å². The van der Waals surface area contributed by atoms with Gasteiger partial charge < -0.3 is 36.0 Å². The van der Waals surface area contributed by atoms with Gasteiger partial charge in [0.05, 0.1) is 39.5 Å². The first-order valence-corrected chi connectivity index (χ1v) is 16.2. The van der Waals surface area contributed by atoms with E-state index in [-0.39, 0.29) is 46.6 Å². The molecule has 0 spiro atoms. The summed E-state index contributed by atoms with van der Waals surface area (Å²) in [6, 6.07) is 0.729. The number of esters is 1. The molecular formula is C32H55BrN2O4. The van der Waals surface area contributed by atoms with E-state index in [2.05, 4.69) is 32.7 Å². The molecule has 6 rings (SSSR count). The summed E-state index contributed by atoms with van der Waals surface area (Å²) in [5.74, 6) is 2.77. The number of hydrogen-bond donors (Lipinski definition) is 1. The summed E-state index contributed by atoms with van der Waals surface area (Å²) in [7, 11) is 2.46. The Labute approximate surface area is 247 Å². The summed E-state index contributed by atoms with van der Waals surface area (Å²) in [6.07, 6.45) is 12.2. The van der Waals surface area contributed by atoms with Gasteiger partial charge in [-0.1, -0.05) is 20.8 Å². The molecule has 3 unspecified atom stereocenters. The standard InChI is InChI=1S/C32H55N2O4.BrH/c1-5-8-29(36)38-30-27(34(4)15-6-7-16-34)20-25-23-10-9-22-19-28(35)26(33-13-17-37-18-14-33)21-32(22,3)24(23)11-12-31(25,30)2;/h22-28,30,35H,5-21H2,1-4H3;1H/q+1;/p-1/t22-,23?,24?,25?,26-,27-,28-,30-,31-,32-;/m0./s1. The Morgan fingerprint density at radius 2 is 1.77 bits per heavy atom. The van der Waals surface area contributed by atoms with E-state index in [0.717, 1.165) is 61.9 Å². The number of carbonyl (C=O) groups excluding carboxylic acids is 1. The lowest BCUT2D eigenvalue weighted by Gasteiger charge is -2.62. The van der Waals surface area contributed by atoms with Crippen molar-refractivity contribution in [1.82, 2.24) is 4.90 Å². The van der Waals surface area contributed by atoms with Crippen LogP contribution in [0.25, 0.3) is 0 Å². The lowest BCUT2D eigenvalue weighted by molar-refractivity contribution is -0.924. The molecule has 0 aromatic rings. The van der Waals surface area contributed by atoms with Crippen LogP contribution in [0, 0.1) is 34.5 Å². The van der Waals surface area contributed by atoms with Gasteiger partial charge >= 0.3 is 5.97 Å². The summed E-state index contributed by atoms with van der Waals surface area (Å²) in [5, 5.41) is 11.3. The number of carbonyl (C=O) groups is 1. The van der Waals surface area contributed by atoms with Gasteiger partial charge in [0, 0.05) is 50.2 Å². The Balaban J connectivity index is 0.00000308. The molecule has 4 aliphatic carbocycles. The topological polar surface area (TPSA) is 59.0 Å². The number of rotatable bonds is 5. The number of fused-ring (bicyclic) bond motifs is 5. The van der Waals surface area contributed by atoms with Gasteiger partial charge in [0.25, 0.3) is 0 Å². The van der Waals surface area contributed by atoms with E-state index in [0.29, 0.717) is 29.7 Å². The van der Waals surface area contributed by atoms with Crippen LogP contribution >= 0.6 is 0 Å².